The molecule has 164 valence electrons. The number of aliphatic hydroxyl groups excluding tert-OH is 1. The molecule has 1 amide bonds. The Morgan fingerprint density at radius 3 is 2.90 bits per heavy atom. The number of rotatable bonds is 6. The lowest BCUT2D eigenvalue weighted by atomic mass is 9.47. The number of amides is 1. The summed E-state index contributed by atoms with van der Waals surface area (Å²) in [5.41, 5.74) is 1.91. The summed E-state index contributed by atoms with van der Waals surface area (Å²) >= 11 is 0. The predicted octanol–water partition coefficient (Wildman–Crippen LogP) is 3.36. The monoisotopic (exact) mass is 407 g/mol. The van der Waals surface area contributed by atoms with Gasteiger partial charge in [0.2, 0.25) is 5.91 Å². The van der Waals surface area contributed by atoms with Crippen LogP contribution in [0.1, 0.15) is 60.7 Å². The Kier molecular flexibility index (Phi) is 6.54. The van der Waals surface area contributed by atoms with Gasteiger partial charge in [-0.15, -0.1) is 0 Å². The van der Waals surface area contributed by atoms with Crippen LogP contribution in [0.3, 0.4) is 0 Å². The standard InChI is InChI=1S/C23H35NO5.H2/c1-15-6-9-20-22(3,13-28-14-25)10-5-11-23(20,4)18(15)8-7-17-19(24-16(2)26)12-29-21(17)27;/h7,18-20,25H,1,5-6,8-14H2,2-4H3,(H,24,26);1H/b17-7+;/t18-,19?,20-,22+,23+;/m1./s1. The van der Waals surface area contributed by atoms with Gasteiger partial charge in [-0.3, -0.25) is 4.79 Å². The quantitative estimate of drug-likeness (QED) is 0.305. The van der Waals surface area contributed by atoms with Crippen molar-refractivity contribution in [3.8, 4) is 0 Å². The number of carbonyl (C=O) groups is 2. The maximum Gasteiger partial charge on any atom is 0.336 e. The lowest BCUT2D eigenvalue weighted by Gasteiger charge is -2.58. The zero-order chi connectivity index (χ0) is 21.2. The van der Waals surface area contributed by atoms with Crippen LogP contribution >= 0.6 is 0 Å². The van der Waals surface area contributed by atoms with Crippen molar-refractivity contribution in [3.05, 3.63) is 23.8 Å². The Morgan fingerprint density at radius 1 is 1.45 bits per heavy atom. The van der Waals surface area contributed by atoms with E-state index in [-0.39, 0.29) is 49.5 Å². The van der Waals surface area contributed by atoms with E-state index < -0.39 is 0 Å². The van der Waals surface area contributed by atoms with Gasteiger partial charge >= 0.3 is 5.97 Å². The largest absolute Gasteiger partial charge is 0.460 e. The number of cyclic esters (lactones) is 1. The first-order valence-corrected chi connectivity index (χ1v) is 10.7. The molecule has 0 aromatic heterocycles. The topological polar surface area (TPSA) is 84.9 Å². The molecule has 1 unspecified atom stereocenters. The molecule has 1 heterocycles. The van der Waals surface area contributed by atoms with Crippen LogP contribution < -0.4 is 5.32 Å². The van der Waals surface area contributed by atoms with Crippen molar-refractivity contribution in [3.63, 3.8) is 0 Å². The molecule has 3 fully saturated rings. The molecule has 2 N–H and O–H groups in total. The minimum absolute atomic E-state index is 0. The SMILES string of the molecule is C=C1CC[C@@H]2[C@](C)(COCO)CCC[C@@]2(C)[C@@H]1C/C=C1/C(=O)OCC1NC(C)=O.[HH]. The van der Waals surface area contributed by atoms with Crippen LogP contribution in [0.25, 0.3) is 0 Å². The molecule has 0 bridgehead atoms. The molecule has 29 heavy (non-hydrogen) atoms. The normalized spacial score (nSPS) is 38.6. The van der Waals surface area contributed by atoms with Crippen LogP contribution in [-0.2, 0) is 19.1 Å². The van der Waals surface area contributed by atoms with Crippen molar-refractivity contribution in [1.29, 1.82) is 0 Å². The Morgan fingerprint density at radius 2 is 2.21 bits per heavy atom. The van der Waals surface area contributed by atoms with E-state index in [9.17, 15) is 9.59 Å². The maximum atomic E-state index is 12.2. The number of hydrogen-bond donors (Lipinski definition) is 2. The first-order chi connectivity index (χ1) is 13.7. The van der Waals surface area contributed by atoms with E-state index in [2.05, 4.69) is 25.7 Å². The lowest BCUT2D eigenvalue weighted by Crippen LogP contribution is -2.52. The van der Waals surface area contributed by atoms with E-state index in [4.69, 9.17) is 14.6 Å². The zero-order valence-corrected chi connectivity index (χ0v) is 18.0. The van der Waals surface area contributed by atoms with Gasteiger partial charge in [0.25, 0.3) is 0 Å². The first-order valence-electron chi connectivity index (χ1n) is 10.7. The van der Waals surface area contributed by atoms with Crippen LogP contribution in [-0.4, -0.2) is 43.0 Å². The number of nitrogens with one attached hydrogen (secondary N) is 1. The molecule has 6 heteroatoms. The third-order valence-electron chi connectivity index (χ3n) is 7.61. The highest BCUT2D eigenvalue weighted by atomic mass is 16.6. The third kappa shape index (κ3) is 4.29. The average molecular weight is 408 g/mol. The second kappa shape index (κ2) is 8.60. The molecule has 3 rings (SSSR count). The van der Waals surface area contributed by atoms with Gasteiger partial charge in [0, 0.05) is 8.35 Å². The van der Waals surface area contributed by atoms with Gasteiger partial charge in [0.1, 0.15) is 13.4 Å². The van der Waals surface area contributed by atoms with Crippen LogP contribution in [0.4, 0.5) is 0 Å². The van der Waals surface area contributed by atoms with E-state index in [0.29, 0.717) is 18.1 Å². The van der Waals surface area contributed by atoms with E-state index in [1.165, 1.54) is 12.5 Å². The summed E-state index contributed by atoms with van der Waals surface area (Å²) in [5, 5.41) is 12.0. The van der Waals surface area contributed by atoms with E-state index >= 15 is 0 Å². The summed E-state index contributed by atoms with van der Waals surface area (Å²) in [4.78, 5) is 23.7. The summed E-state index contributed by atoms with van der Waals surface area (Å²) in [5.74, 6) is 0.247. The van der Waals surface area contributed by atoms with Gasteiger partial charge in [-0.25, -0.2) is 4.79 Å². The average Bonchev–Trinajstić information content (AvgIpc) is 2.98. The van der Waals surface area contributed by atoms with Crippen molar-refractivity contribution in [1.82, 2.24) is 5.32 Å². The molecular formula is C23H37NO5. The molecule has 0 aromatic carbocycles. The van der Waals surface area contributed by atoms with Crippen molar-refractivity contribution < 1.29 is 25.6 Å². The van der Waals surface area contributed by atoms with E-state index in [1.807, 2.05) is 6.08 Å². The first kappa shape index (κ1) is 22.0. The van der Waals surface area contributed by atoms with Crippen molar-refractivity contribution in [2.45, 2.75) is 65.3 Å². The van der Waals surface area contributed by atoms with Crippen LogP contribution in [0.5, 0.6) is 0 Å². The van der Waals surface area contributed by atoms with Crippen LogP contribution in [0.15, 0.2) is 23.8 Å². The Bertz CT molecular complexity index is 708. The fourth-order valence-electron chi connectivity index (χ4n) is 6.28. The number of ether oxygens (including phenoxy) is 2. The molecular weight excluding hydrogens is 370 g/mol. The van der Waals surface area contributed by atoms with Crippen LogP contribution in [0.2, 0.25) is 0 Å². The number of allylic oxidation sites excluding steroid dienone is 2. The highest BCUT2D eigenvalue weighted by Crippen LogP contribution is 2.61. The molecule has 2 saturated carbocycles. The number of hydrogen-bond acceptors (Lipinski definition) is 5. The summed E-state index contributed by atoms with van der Waals surface area (Å²) in [6.07, 6.45) is 8.10. The Hall–Kier alpha value is -1.66. The molecule has 0 radical (unpaired) electrons. The van der Waals surface area contributed by atoms with Crippen molar-refractivity contribution in [2.24, 2.45) is 22.7 Å². The molecule has 5 atom stereocenters. The fraction of sp³-hybridized carbons (Fsp3) is 0.739. The lowest BCUT2D eigenvalue weighted by molar-refractivity contribution is -0.135. The highest BCUT2D eigenvalue weighted by molar-refractivity contribution is 5.93. The number of fused-ring (bicyclic) bond motifs is 1. The van der Waals surface area contributed by atoms with E-state index in [0.717, 1.165) is 38.5 Å². The zero-order valence-electron chi connectivity index (χ0n) is 18.0. The minimum Gasteiger partial charge on any atom is -0.460 e. The molecule has 0 spiro atoms. The van der Waals surface area contributed by atoms with Gasteiger partial charge < -0.3 is 19.9 Å². The molecule has 2 aliphatic carbocycles. The van der Waals surface area contributed by atoms with Crippen LogP contribution in [0, 0.1) is 22.7 Å². The van der Waals surface area contributed by atoms with Gasteiger partial charge in [0.15, 0.2) is 0 Å². The smallest absolute Gasteiger partial charge is 0.336 e. The number of aliphatic hydroxyl groups is 1. The maximum absolute atomic E-state index is 12.2. The summed E-state index contributed by atoms with van der Waals surface area (Å²) < 4.78 is 10.6. The number of esters is 1. The predicted molar refractivity (Wildman–Crippen MR) is 112 cm³/mol. The molecule has 3 aliphatic rings. The molecule has 1 aliphatic heterocycles. The molecule has 1 saturated heterocycles. The van der Waals surface area contributed by atoms with Crippen molar-refractivity contribution in [2.75, 3.05) is 20.0 Å². The summed E-state index contributed by atoms with van der Waals surface area (Å²) in [6, 6.07) is -0.366. The van der Waals surface area contributed by atoms with Gasteiger partial charge in [0.05, 0.1) is 18.2 Å². The fourth-order valence-corrected chi connectivity index (χ4v) is 6.28. The van der Waals surface area contributed by atoms with E-state index in [1.54, 1.807) is 0 Å². The van der Waals surface area contributed by atoms with Crippen molar-refractivity contribution >= 4 is 11.9 Å². The summed E-state index contributed by atoms with van der Waals surface area (Å²) in [7, 11) is 0. The number of carbonyl (C=O) groups excluding carboxylic acids is 2. The Labute approximate surface area is 175 Å². The van der Waals surface area contributed by atoms with Gasteiger partial charge in [-0.05, 0) is 54.8 Å². The summed E-state index contributed by atoms with van der Waals surface area (Å²) in [6.45, 7) is 11.0. The third-order valence-corrected chi connectivity index (χ3v) is 7.61. The highest BCUT2D eigenvalue weighted by Gasteiger charge is 2.54. The van der Waals surface area contributed by atoms with Gasteiger partial charge in [-0.1, -0.05) is 38.5 Å². The molecule has 0 aromatic rings. The molecule has 6 nitrogen and oxygen atoms in total. The van der Waals surface area contributed by atoms with Gasteiger partial charge in [-0.2, -0.15) is 0 Å². The second-order valence-corrected chi connectivity index (χ2v) is 9.54. The second-order valence-electron chi connectivity index (χ2n) is 9.54. The minimum atomic E-state index is -0.366. The Balaban J connectivity index is 0.00000320.